The Kier molecular flexibility index (Phi) is 5.48. The highest BCUT2D eigenvalue weighted by Crippen LogP contribution is 2.36. The molecule has 0 amide bonds. The van der Waals surface area contributed by atoms with Crippen molar-refractivity contribution in [1.82, 2.24) is 0 Å². The van der Waals surface area contributed by atoms with E-state index in [1.807, 2.05) is 37.3 Å². The van der Waals surface area contributed by atoms with E-state index in [1.54, 1.807) is 48.5 Å². The van der Waals surface area contributed by atoms with Gasteiger partial charge in [0.05, 0.1) is 5.56 Å². The molecule has 1 atom stereocenters. The Morgan fingerprint density at radius 1 is 1.06 bits per heavy atom. The zero-order valence-electron chi connectivity index (χ0n) is 17.7. The largest absolute Gasteiger partial charge is 0.485 e. The topological polar surface area (TPSA) is 61.8 Å². The van der Waals surface area contributed by atoms with Crippen LogP contribution in [0.3, 0.4) is 0 Å². The summed E-state index contributed by atoms with van der Waals surface area (Å²) in [5.74, 6) is 1.48. The maximum absolute atomic E-state index is 12.8. The molecular weight excluding hydrogens is 440 g/mol. The number of allylic oxidation sites excluding steroid dienone is 1. The fourth-order valence-electron chi connectivity index (χ4n) is 3.70. The van der Waals surface area contributed by atoms with Gasteiger partial charge in [-0.05, 0) is 67.1 Å². The van der Waals surface area contributed by atoms with Gasteiger partial charge in [-0.1, -0.05) is 29.8 Å². The predicted molar refractivity (Wildman–Crippen MR) is 125 cm³/mol. The van der Waals surface area contributed by atoms with Crippen molar-refractivity contribution in [2.45, 2.75) is 13.0 Å². The van der Waals surface area contributed by atoms with E-state index < -0.39 is 0 Å². The van der Waals surface area contributed by atoms with Crippen LogP contribution in [0.15, 0.2) is 84.1 Å². The summed E-state index contributed by atoms with van der Waals surface area (Å²) in [7, 11) is 0. The van der Waals surface area contributed by atoms with Crippen molar-refractivity contribution in [2.75, 3.05) is 6.61 Å². The first-order chi connectivity index (χ1) is 16.0. The summed E-state index contributed by atoms with van der Waals surface area (Å²) in [6, 6.07) is 19.3. The smallest absolute Gasteiger partial charge is 0.231 e. The number of hydrogen-bond donors (Lipinski definition) is 0. The second-order valence-corrected chi connectivity index (χ2v) is 8.20. The van der Waals surface area contributed by atoms with Gasteiger partial charge in [0.2, 0.25) is 5.78 Å². The van der Waals surface area contributed by atoms with Crippen molar-refractivity contribution < 1.29 is 23.8 Å². The lowest BCUT2D eigenvalue weighted by molar-refractivity contribution is 0.0921. The molecule has 2 heterocycles. The van der Waals surface area contributed by atoms with Crippen LogP contribution >= 0.6 is 11.6 Å². The number of para-hydroxylation sites is 1. The third-order valence-electron chi connectivity index (χ3n) is 5.49. The number of ether oxygens (including phenoxy) is 3. The monoisotopic (exact) mass is 458 g/mol. The highest BCUT2D eigenvalue weighted by Gasteiger charge is 2.29. The van der Waals surface area contributed by atoms with E-state index in [0.29, 0.717) is 27.6 Å². The van der Waals surface area contributed by atoms with Crippen molar-refractivity contribution in [2.24, 2.45) is 0 Å². The average Bonchev–Trinajstić information content (AvgIpc) is 3.13. The maximum Gasteiger partial charge on any atom is 0.231 e. The number of Topliss-reactive ketones (excluding diaryl/α,β-unsaturated/α-hetero) is 2. The Bertz CT molecular complexity index is 1320. The summed E-state index contributed by atoms with van der Waals surface area (Å²) in [6.07, 6.45) is 3.49. The molecule has 6 heteroatoms. The lowest BCUT2D eigenvalue weighted by Gasteiger charge is -2.22. The molecule has 0 N–H and O–H groups in total. The number of ketones is 2. The molecule has 0 aromatic heterocycles. The molecule has 1 unspecified atom stereocenters. The van der Waals surface area contributed by atoms with Crippen LogP contribution in [-0.4, -0.2) is 24.3 Å². The van der Waals surface area contributed by atoms with Gasteiger partial charge in [0.25, 0.3) is 0 Å². The molecule has 5 rings (SSSR count). The molecule has 2 aliphatic rings. The molecule has 0 bridgehead atoms. The number of fused-ring (bicyclic) bond motifs is 2. The molecule has 0 spiro atoms. The summed E-state index contributed by atoms with van der Waals surface area (Å²) in [6.45, 7) is 1.78. The third-order valence-corrected chi connectivity index (χ3v) is 5.74. The zero-order chi connectivity index (χ0) is 22.9. The number of hydrogen-bond acceptors (Lipinski definition) is 5. The highest BCUT2D eigenvalue weighted by molar-refractivity contribution is 6.30. The van der Waals surface area contributed by atoms with Gasteiger partial charge in [-0.25, -0.2) is 0 Å². The van der Waals surface area contributed by atoms with Gasteiger partial charge in [-0.15, -0.1) is 0 Å². The summed E-state index contributed by atoms with van der Waals surface area (Å²) in [5, 5.41) is 0.561. The molecule has 0 fully saturated rings. The Morgan fingerprint density at radius 2 is 1.85 bits per heavy atom. The van der Waals surface area contributed by atoms with Crippen molar-refractivity contribution in [3.63, 3.8) is 0 Å². The van der Waals surface area contributed by atoms with E-state index in [-0.39, 0.29) is 30.0 Å². The molecule has 5 nitrogen and oxygen atoms in total. The van der Waals surface area contributed by atoms with Gasteiger partial charge in [0.15, 0.2) is 18.1 Å². The summed E-state index contributed by atoms with van der Waals surface area (Å²) in [5.41, 5.74) is 2.75. The summed E-state index contributed by atoms with van der Waals surface area (Å²) in [4.78, 5) is 25.2. The standard InChI is InChI=1S/C27H19ClO5/c1-16-19(12-18-4-2-3-5-24(18)32-16)13-26-27(30)22-11-10-21(14-25(22)33-26)31-15-23(29)17-6-8-20(28)9-7-17/h2-14,16H,15H2,1H3. The molecule has 33 heavy (non-hydrogen) atoms. The maximum atomic E-state index is 12.8. The molecule has 164 valence electrons. The molecule has 0 aliphatic carbocycles. The lowest BCUT2D eigenvalue weighted by Crippen LogP contribution is -2.18. The SMILES string of the molecule is CC1Oc2ccccc2C=C1C=C1Oc2cc(OCC(=O)c3ccc(Cl)cc3)ccc2C1=O. The first-order valence-electron chi connectivity index (χ1n) is 10.4. The fraction of sp³-hybridized carbons (Fsp3) is 0.111. The Morgan fingerprint density at radius 3 is 2.67 bits per heavy atom. The van der Waals surface area contributed by atoms with E-state index in [9.17, 15) is 9.59 Å². The van der Waals surface area contributed by atoms with E-state index >= 15 is 0 Å². The average molecular weight is 459 g/mol. The van der Waals surface area contributed by atoms with Gasteiger partial charge >= 0.3 is 0 Å². The van der Waals surface area contributed by atoms with Gasteiger partial charge in [0, 0.05) is 22.2 Å². The molecule has 3 aromatic rings. The molecule has 2 aliphatic heterocycles. The van der Waals surface area contributed by atoms with Gasteiger partial charge < -0.3 is 14.2 Å². The predicted octanol–water partition coefficient (Wildman–Crippen LogP) is 5.93. The third kappa shape index (κ3) is 4.28. The van der Waals surface area contributed by atoms with Crippen LogP contribution in [0.25, 0.3) is 6.08 Å². The highest BCUT2D eigenvalue weighted by atomic mass is 35.5. The molecule has 0 radical (unpaired) electrons. The minimum Gasteiger partial charge on any atom is -0.485 e. The van der Waals surface area contributed by atoms with Crippen LogP contribution in [0, 0.1) is 0 Å². The van der Waals surface area contributed by atoms with Crippen LogP contribution in [0.2, 0.25) is 5.02 Å². The number of carbonyl (C=O) groups excluding carboxylic acids is 2. The Hall–Kier alpha value is -3.83. The van der Waals surface area contributed by atoms with Crippen LogP contribution in [0.4, 0.5) is 0 Å². The first kappa shape index (κ1) is 21.0. The lowest BCUT2D eigenvalue weighted by atomic mass is 10.0. The van der Waals surface area contributed by atoms with Crippen molar-refractivity contribution in [1.29, 1.82) is 0 Å². The Balaban J connectivity index is 1.31. The van der Waals surface area contributed by atoms with Gasteiger partial charge in [0.1, 0.15) is 23.4 Å². The molecule has 0 saturated carbocycles. The minimum atomic E-state index is -0.217. The van der Waals surface area contributed by atoms with E-state index in [1.165, 1.54) is 0 Å². The zero-order valence-corrected chi connectivity index (χ0v) is 18.5. The van der Waals surface area contributed by atoms with Gasteiger partial charge in [-0.2, -0.15) is 0 Å². The normalized spacial score (nSPS) is 17.5. The van der Waals surface area contributed by atoms with Crippen LogP contribution in [-0.2, 0) is 0 Å². The summed E-state index contributed by atoms with van der Waals surface area (Å²) >= 11 is 5.86. The molecule has 0 saturated heterocycles. The van der Waals surface area contributed by atoms with Crippen molar-refractivity contribution in [3.8, 4) is 17.2 Å². The van der Waals surface area contributed by atoms with Crippen LogP contribution in [0.5, 0.6) is 17.2 Å². The van der Waals surface area contributed by atoms with Crippen molar-refractivity contribution >= 4 is 29.2 Å². The van der Waals surface area contributed by atoms with Crippen LogP contribution in [0.1, 0.15) is 33.2 Å². The second kappa shape index (κ2) is 8.60. The number of carbonyl (C=O) groups is 2. The fourth-order valence-corrected chi connectivity index (χ4v) is 3.82. The number of rotatable bonds is 5. The van der Waals surface area contributed by atoms with E-state index in [4.69, 9.17) is 25.8 Å². The molecule has 3 aromatic carbocycles. The van der Waals surface area contributed by atoms with E-state index in [2.05, 4.69) is 0 Å². The van der Waals surface area contributed by atoms with E-state index in [0.717, 1.165) is 16.9 Å². The quantitative estimate of drug-likeness (QED) is 0.350. The molecular formula is C27H19ClO5. The number of halogens is 1. The van der Waals surface area contributed by atoms with Gasteiger partial charge in [-0.3, -0.25) is 9.59 Å². The number of benzene rings is 3. The first-order valence-corrected chi connectivity index (χ1v) is 10.8. The minimum absolute atomic E-state index is 0.141. The van der Waals surface area contributed by atoms with Crippen LogP contribution < -0.4 is 14.2 Å². The summed E-state index contributed by atoms with van der Waals surface area (Å²) < 4.78 is 17.4. The Labute approximate surface area is 195 Å². The second-order valence-electron chi connectivity index (χ2n) is 7.76. The van der Waals surface area contributed by atoms with Crippen molar-refractivity contribution in [3.05, 3.63) is 106 Å².